The minimum Gasteiger partial charge on any atom is -0.497 e. The highest BCUT2D eigenvalue weighted by Crippen LogP contribution is 2.54. The van der Waals surface area contributed by atoms with Gasteiger partial charge < -0.3 is 122 Å². The molecule has 13 atom stereocenters. The van der Waals surface area contributed by atoms with Crippen LogP contribution < -0.4 is 41.4 Å². The number of rotatable bonds is 60. The normalized spacial score (nSPS) is 21.0. The number of anilines is 1. The highest BCUT2D eigenvalue weighted by Gasteiger charge is 2.57. The van der Waals surface area contributed by atoms with Crippen molar-refractivity contribution < 1.29 is 142 Å². The molecule has 0 aliphatic carbocycles. The zero-order valence-electron chi connectivity index (χ0n) is 81.7. The van der Waals surface area contributed by atoms with Crippen molar-refractivity contribution in [3.63, 3.8) is 0 Å². The van der Waals surface area contributed by atoms with Crippen LogP contribution in [0.5, 0.6) is 11.5 Å². The Morgan fingerprint density at radius 1 is 0.511 bits per heavy atom. The number of ether oxygens (including phenoxy) is 16. The van der Waals surface area contributed by atoms with Crippen LogP contribution in [0.15, 0.2) is 97.1 Å². The number of unbranched alkanes of at least 4 members (excludes halogenated alkanes) is 5. The van der Waals surface area contributed by atoms with E-state index in [9.17, 15) is 62.8 Å². The molecule has 0 radical (unpaired) electrons. The monoisotopic (exact) mass is 1940 g/mol. The van der Waals surface area contributed by atoms with Gasteiger partial charge in [0, 0.05) is 133 Å². The molecule has 137 heavy (non-hydrogen) atoms. The number of carbonyl (C=O) groups excluding carboxylic acids is 12. The van der Waals surface area contributed by atoms with Gasteiger partial charge in [0.05, 0.1) is 125 Å². The van der Waals surface area contributed by atoms with Crippen LogP contribution in [-0.2, 0) is 129 Å². The molecular formula is C97H140N9O30P. The van der Waals surface area contributed by atoms with E-state index >= 15 is 0 Å². The number of carbonyl (C=O) groups is 12. The summed E-state index contributed by atoms with van der Waals surface area (Å²) < 4.78 is 108. The van der Waals surface area contributed by atoms with Crippen LogP contribution in [0.2, 0.25) is 0 Å². The van der Waals surface area contributed by atoms with E-state index in [-0.39, 0.29) is 165 Å². The lowest BCUT2D eigenvalue weighted by molar-refractivity contribution is -0.279. The van der Waals surface area contributed by atoms with Crippen molar-refractivity contribution in [2.45, 2.75) is 228 Å². The molecule has 0 spiro atoms. The van der Waals surface area contributed by atoms with Gasteiger partial charge >= 0.3 is 29.8 Å². The summed E-state index contributed by atoms with van der Waals surface area (Å²) in [5.74, 6) is -5.71. The molecule has 3 saturated heterocycles. The Hall–Kier alpha value is -10.4. The first kappa shape index (κ1) is 114. The zero-order chi connectivity index (χ0) is 100. The van der Waals surface area contributed by atoms with Gasteiger partial charge in [0.15, 0.2) is 24.8 Å². The highest BCUT2D eigenvalue weighted by molar-refractivity contribution is 7.44. The van der Waals surface area contributed by atoms with Gasteiger partial charge in [0.25, 0.3) is 20.3 Å². The van der Waals surface area contributed by atoms with Crippen LogP contribution in [0.25, 0.3) is 0 Å². The van der Waals surface area contributed by atoms with Gasteiger partial charge in [-0.3, -0.25) is 57.5 Å². The molecular weight excluding hydrogens is 1800 g/mol. The molecule has 0 saturated carbocycles. The minimum atomic E-state index is -1.64. The van der Waals surface area contributed by atoms with E-state index in [0.29, 0.717) is 50.3 Å². The Labute approximate surface area is 803 Å². The average molecular weight is 1940 g/mol. The van der Waals surface area contributed by atoms with Crippen molar-refractivity contribution in [3.8, 4) is 17.6 Å². The van der Waals surface area contributed by atoms with E-state index in [1.807, 2.05) is 71.6 Å². The number of hydrogen-bond donors (Lipinski definition) is 6. The molecule has 0 aromatic heterocycles. The number of amides is 7. The highest BCUT2D eigenvalue weighted by atomic mass is 31.2. The van der Waals surface area contributed by atoms with Gasteiger partial charge in [0.1, 0.15) is 54.7 Å². The maximum absolute atomic E-state index is 14.7. The van der Waals surface area contributed by atoms with Gasteiger partial charge in [-0.25, -0.2) is 4.67 Å². The maximum atomic E-state index is 14.7. The smallest absolute Gasteiger partial charge is 0.303 e. The zero-order valence-corrected chi connectivity index (χ0v) is 82.6. The second-order valence-electron chi connectivity index (χ2n) is 34.7. The second kappa shape index (κ2) is 58.5. The van der Waals surface area contributed by atoms with Crippen molar-refractivity contribution in [1.82, 2.24) is 36.2 Å². The van der Waals surface area contributed by atoms with Gasteiger partial charge in [-0.2, -0.15) is 5.26 Å². The Balaban J connectivity index is 0.918. The molecule has 3 fully saturated rings. The Morgan fingerprint density at radius 2 is 0.956 bits per heavy atom. The first-order chi connectivity index (χ1) is 65.4. The fraction of sp³-hybridized carbons (Fsp3) is 0.619. The van der Waals surface area contributed by atoms with E-state index < -0.39 is 153 Å². The number of nitrogens with one attached hydrogen (secondary N) is 6. The first-order valence-electron chi connectivity index (χ1n) is 46.4. The number of esters is 5. The van der Waals surface area contributed by atoms with Crippen molar-refractivity contribution in [1.29, 1.82) is 5.26 Å². The fourth-order valence-corrected chi connectivity index (χ4v) is 18.0. The largest absolute Gasteiger partial charge is 0.497 e. The lowest BCUT2D eigenvalue weighted by atomic mass is 9.68. The van der Waals surface area contributed by atoms with Crippen LogP contribution in [-0.4, -0.2) is 294 Å². The average Bonchev–Trinajstić information content (AvgIpc) is 1.62. The molecule has 40 heteroatoms. The van der Waals surface area contributed by atoms with Crippen LogP contribution in [0, 0.1) is 28.1 Å². The Bertz CT molecular complexity index is 4490. The summed E-state index contributed by atoms with van der Waals surface area (Å²) in [6.07, 6.45) is -3.03. The molecule has 3 aliphatic rings. The van der Waals surface area contributed by atoms with Crippen LogP contribution >= 0.6 is 8.53 Å². The van der Waals surface area contributed by atoms with Crippen molar-refractivity contribution in [2.75, 3.05) is 151 Å². The van der Waals surface area contributed by atoms with Gasteiger partial charge in [-0.1, -0.05) is 101 Å². The standard InChI is InChI=1S/C97H140N9O30P/c1-63(2)106(64(3)4)137(130-42-26-39-98)131-62-96(14)60-105(59-95(96,13)61-129-97(75-27-22-21-23-28-75,76-31-35-79(119-15)36-32-76)77-33-37-80(120-16)38-34-77)85(116)30-25-20-18-17-19-24-29-83(114)101-56-84(115)104-78-54-73(91(117)99-40-43-121-45-47-123-49-51-125-93-86(102-66(6)107)65(5)88(132-70(10)111)81(135-93)57-127-68(8)109)53-74(55-78)92(118)100-41-44-122-46-48-124-50-52-126-94-87(103-67(7)108)90(134-72(12)113)89(133-71(11)112)82(136-94)58-128-69(9)110/h21-23,27-28,31-38,53-55,63-65,81-82,86-90,93-94H,17-20,24-26,29-30,40-52,56-62H2,1-16H3,(H,99,117)(H,100,118)(H,101,114)(H,102,107)(H,103,108)(H,104,115)/t65-,81-,82-,86-,87-,88-,89?,90-,93?,94?,95?,96?,137?/m1/s1. The third-order valence-electron chi connectivity index (χ3n) is 23.1. The molecule has 39 nitrogen and oxygen atoms in total. The predicted octanol–water partition coefficient (Wildman–Crippen LogP) is 8.61. The molecule has 4 aromatic carbocycles. The van der Waals surface area contributed by atoms with E-state index in [4.69, 9.17) is 84.8 Å². The number of likely N-dealkylation sites (tertiary alicyclic amines) is 1. The van der Waals surface area contributed by atoms with Gasteiger partial charge in [-0.05, 0) is 99.7 Å². The summed E-state index contributed by atoms with van der Waals surface area (Å²) in [6, 6.07) is 30.3. The summed E-state index contributed by atoms with van der Waals surface area (Å²) in [5, 5.41) is 25.8. The molecule has 0 bridgehead atoms. The number of nitriles is 1. The molecule has 3 heterocycles. The fourth-order valence-electron chi connectivity index (χ4n) is 16.2. The Morgan fingerprint density at radius 3 is 1.44 bits per heavy atom. The SMILES string of the molecule is COc1ccc(C(OCC2(C)CN(C(=O)CCCCCCCCC(=O)NCC(=O)Nc3cc(C(=O)NCCOCCOCCOC4O[C@H](COC(C)=O)[C@H](OC(C)=O)[C@H](C)[C@H]4NC(C)=O)cc(C(=O)NCCOCCOCCOC4O[C@H](COC(C)=O)C(OC(C)=O)[C@H](OC(C)=O)[C@H]4NC(C)=O)c3)CC2(C)COP(OCCC#N)N(C(C)C)C(C)C)(c2ccccc2)c2ccc(OC)cc2)cc1. The van der Waals surface area contributed by atoms with Gasteiger partial charge in [-0.15, -0.1) is 0 Å². The molecule has 3 aliphatic heterocycles. The topological polar surface area (TPSA) is 473 Å². The van der Waals surface area contributed by atoms with E-state index in [0.717, 1.165) is 56.7 Å². The first-order valence-corrected chi connectivity index (χ1v) is 47.5. The van der Waals surface area contributed by atoms with Crippen molar-refractivity contribution >= 4 is 85.4 Å². The third kappa shape index (κ3) is 36.7. The van der Waals surface area contributed by atoms with Crippen LogP contribution in [0.1, 0.15) is 192 Å². The number of nitrogens with zero attached hydrogens (tertiary/aromatic N) is 3. The van der Waals surface area contributed by atoms with Crippen molar-refractivity contribution in [3.05, 3.63) is 125 Å². The van der Waals surface area contributed by atoms with E-state index in [1.54, 1.807) is 21.1 Å². The summed E-state index contributed by atoms with van der Waals surface area (Å²) in [4.78, 5) is 156. The number of benzene rings is 4. The summed E-state index contributed by atoms with van der Waals surface area (Å²) >= 11 is 0. The molecule has 6 N–H and O–H groups in total. The second-order valence-corrected chi connectivity index (χ2v) is 36.1. The predicted molar refractivity (Wildman–Crippen MR) is 499 cm³/mol. The maximum Gasteiger partial charge on any atom is 0.303 e. The summed E-state index contributed by atoms with van der Waals surface area (Å²) in [7, 11) is 1.62. The molecule has 6 unspecified atom stereocenters. The molecule has 758 valence electrons. The van der Waals surface area contributed by atoms with Crippen molar-refractivity contribution in [2.24, 2.45) is 16.7 Å². The summed E-state index contributed by atoms with van der Waals surface area (Å²) in [6.45, 7) is 23.3. The molecule has 4 aromatic rings. The van der Waals surface area contributed by atoms with E-state index in [1.165, 1.54) is 45.9 Å². The number of hydrogen-bond acceptors (Lipinski definition) is 32. The molecule has 7 amide bonds. The molecule has 7 rings (SSSR count). The lowest BCUT2D eigenvalue weighted by Crippen LogP contribution is -2.66. The van der Waals surface area contributed by atoms with E-state index in [2.05, 4.69) is 96.3 Å². The van der Waals surface area contributed by atoms with Crippen LogP contribution in [0.3, 0.4) is 0 Å². The summed E-state index contributed by atoms with van der Waals surface area (Å²) in [5.41, 5.74) is 0.117. The Kier molecular flexibility index (Phi) is 48.4. The third-order valence-corrected chi connectivity index (χ3v) is 25.2. The quantitative estimate of drug-likeness (QED) is 0.00791. The minimum absolute atomic E-state index is 0.000294. The van der Waals surface area contributed by atoms with Gasteiger partial charge in [0.2, 0.25) is 29.5 Å². The lowest BCUT2D eigenvalue weighted by Gasteiger charge is -2.44. The number of methoxy groups -OCH3 is 2. The van der Waals surface area contributed by atoms with Crippen LogP contribution in [0.4, 0.5) is 5.69 Å².